The minimum Gasteiger partial charge on any atom is -0.461 e. The molecule has 16 heavy (non-hydrogen) atoms. The van der Waals surface area contributed by atoms with Crippen LogP contribution in [0.15, 0.2) is 44.8 Å². The van der Waals surface area contributed by atoms with Crippen LogP contribution in [0.5, 0.6) is 0 Å². The molecule has 2 rings (SSSR count). The first-order valence-corrected chi connectivity index (χ1v) is 6.26. The summed E-state index contributed by atoms with van der Waals surface area (Å²) in [4.78, 5) is 0. The molecule has 0 saturated heterocycles. The third kappa shape index (κ3) is 2.76. The third-order valence-corrected chi connectivity index (χ3v) is 2.97. The summed E-state index contributed by atoms with van der Waals surface area (Å²) in [5, 5.41) is 1.18. The summed E-state index contributed by atoms with van der Waals surface area (Å²) in [7, 11) is 0. The molecule has 0 N–H and O–H groups in total. The van der Waals surface area contributed by atoms with E-state index in [4.69, 9.17) is 4.42 Å². The number of allylic oxidation sites excluding steroid dienone is 2. The van der Waals surface area contributed by atoms with Gasteiger partial charge in [0, 0.05) is 16.3 Å². The van der Waals surface area contributed by atoms with E-state index in [9.17, 15) is 0 Å². The number of rotatable bonds is 3. The molecule has 1 nitrogen and oxygen atoms in total. The van der Waals surface area contributed by atoms with E-state index in [1.165, 1.54) is 11.0 Å². The first-order valence-electron chi connectivity index (χ1n) is 5.46. The molecular weight excluding hydrogens is 264 g/mol. The van der Waals surface area contributed by atoms with E-state index in [1.807, 2.05) is 12.1 Å². The van der Waals surface area contributed by atoms with Gasteiger partial charge in [0.05, 0.1) is 0 Å². The highest BCUT2D eigenvalue weighted by molar-refractivity contribution is 9.10. The lowest BCUT2D eigenvalue weighted by Crippen LogP contribution is -1.78. The van der Waals surface area contributed by atoms with Gasteiger partial charge in [-0.1, -0.05) is 27.6 Å². The van der Waals surface area contributed by atoms with Crippen LogP contribution >= 0.6 is 15.9 Å². The molecule has 1 heterocycles. The molecule has 0 saturated carbocycles. The fourth-order valence-electron chi connectivity index (χ4n) is 1.69. The van der Waals surface area contributed by atoms with Gasteiger partial charge in [0.15, 0.2) is 0 Å². The summed E-state index contributed by atoms with van der Waals surface area (Å²) in [5.41, 5.74) is 2.32. The topological polar surface area (TPSA) is 13.1 Å². The van der Waals surface area contributed by atoms with Gasteiger partial charge in [-0.2, -0.15) is 0 Å². The quantitative estimate of drug-likeness (QED) is 0.713. The molecule has 1 aromatic carbocycles. The van der Waals surface area contributed by atoms with Crippen LogP contribution in [-0.2, 0) is 6.42 Å². The van der Waals surface area contributed by atoms with Crippen molar-refractivity contribution in [3.8, 4) is 0 Å². The molecule has 2 heteroatoms. The lowest BCUT2D eigenvalue weighted by atomic mass is 10.2. The Labute approximate surface area is 104 Å². The highest BCUT2D eigenvalue weighted by Crippen LogP contribution is 2.24. The molecule has 0 bridgehead atoms. The molecule has 0 aliphatic heterocycles. The standard InChI is InChI=1S/C14H15BrO/c1-10(2)4-3-5-13-8-11-6-7-12(15)9-14(11)16-13/h4,6-9H,3,5H2,1-2H3. The smallest absolute Gasteiger partial charge is 0.135 e. The van der Waals surface area contributed by atoms with Crippen molar-refractivity contribution in [1.82, 2.24) is 0 Å². The average molecular weight is 279 g/mol. The summed E-state index contributed by atoms with van der Waals surface area (Å²) in [6.45, 7) is 4.24. The van der Waals surface area contributed by atoms with Gasteiger partial charge >= 0.3 is 0 Å². The zero-order valence-electron chi connectivity index (χ0n) is 9.59. The summed E-state index contributed by atoms with van der Waals surface area (Å²) >= 11 is 3.44. The van der Waals surface area contributed by atoms with E-state index in [0.29, 0.717) is 0 Å². The molecule has 84 valence electrons. The molecule has 0 unspecified atom stereocenters. The van der Waals surface area contributed by atoms with Crippen LogP contribution in [0.25, 0.3) is 11.0 Å². The van der Waals surface area contributed by atoms with Crippen LogP contribution < -0.4 is 0 Å². The number of hydrogen-bond acceptors (Lipinski definition) is 1. The Morgan fingerprint density at radius 2 is 2.12 bits per heavy atom. The molecule has 0 aliphatic carbocycles. The van der Waals surface area contributed by atoms with E-state index in [1.54, 1.807) is 0 Å². The number of hydrogen-bond donors (Lipinski definition) is 0. The Bertz CT molecular complexity index is 519. The van der Waals surface area contributed by atoms with Gasteiger partial charge in [0.2, 0.25) is 0 Å². The van der Waals surface area contributed by atoms with E-state index in [-0.39, 0.29) is 0 Å². The van der Waals surface area contributed by atoms with Gasteiger partial charge in [-0.25, -0.2) is 0 Å². The second-order valence-electron chi connectivity index (χ2n) is 4.22. The van der Waals surface area contributed by atoms with Crippen molar-refractivity contribution < 1.29 is 4.42 Å². The highest BCUT2D eigenvalue weighted by Gasteiger charge is 2.03. The Morgan fingerprint density at radius 3 is 2.88 bits per heavy atom. The van der Waals surface area contributed by atoms with Crippen LogP contribution in [0.2, 0.25) is 0 Å². The van der Waals surface area contributed by atoms with Gasteiger partial charge in [0.1, 0.15) is 11.3 Å². The fourth-order valence-corrected chi connectivity index (χ4v) is 2.03. The molecule has 0 fully saturated rings. The maximum absolute atomic E-state index is 5.77. The maximum atomic E-state index is 5.77. The number of halogens is 1. The van der Waals surface area contributed by atoms with Crippen molar-refractivity contribution >= 4 is 26.9 Å². The van der Waals surface area contributed by atoms with Crippen LogP contribution in [0.3, 0.4) is 0 Å². The lowest BCUT2D eigenvalue weighted by molar-refractivity contribution is 0.549. The van der Waals surface area contributed by atoms with Crippen LogP contribution in [0.4, 0.5) is 0 Å². The molecule has 0 amide bonds. The second kappa shape index (κ2) is 4.88. The highest BCUT2D eigenvalue weighted by atomic mass is 79.9. The molecule has 0 spiro atoms. The van der Waals surface area contributed by atoms with Gasteiger partial charge < -0.3 is 4.42 Å². The third-order valence-electron chi connectivity index (χ3n) is 2.48. The normalized spacial score (nSPS) is 10.7. The SMILES string of the molecule is CC(C)=CCCc1cc2ccc(Br)cc2o1. The van der Waals surface area contributed by atoms with Crippen molar-refractivity contribution in [1.29, 1.82) is 0 Å². The Balaban J connectivity index is 2.17. The predicted octanol–water partition coefficient (Wildman–Crippen LogP) is 5.09. The molecular formula is C14H15BrO. The number of benzene rings is 1. The van der Waals surface area contributed by atoms with E-state index >= 15 is 0 Å². The first kappa shape index (κ1) is 11.5. The maximum Gasteiger partial charge on any atom is 0.135 e. The summed E-state index contributed by atoms with van der Waals surface area (Å²) in [5.74, 6) is 1.06. The fraction of sp³-hybridized carbons (Fsp3) is 0.286. The van der Waals surface area contributed by atoms with Crippen LogP contribution in [0.1, 0.15) is 26.0 Å². The Hall–Kier alpha value is -1.02. The Kier molecular flexibility index (Phi) is 3.49. The zero-order valence-corrected chi connectivity index (χ0v) is 11.2. The summed E-state index contributed by atoms with van der Waals surface area (Å²) < 4.78 is 6.83. The van der Waals surface area contributed by atoms with Gasteiger partial charge in [-0.3, -0.25) is 0 Å². The molecule has 0 aliphatic rings. The number of aryl methyl sites for hydroxylation is 1. The van der Waals surface area contributed by atoms with E-state index < -0.39 is 0 Å². The average Bonchev–Trinajstić information content (AvgIpc) is 2.58. The van der Waals surface area contributed by atoms with Crippen molar-refractivity contribution in [3.63, 3.8) is 0 Å². The van der Waals surface area contributed by atoms with Crippen molar-refractivity contribution in [3.05, 3.63) is 46.1 Å². The minimum atomic E-state index is 0.960. The van der Waals surface area contributed by atoms with Gasteiger partial charge in [-0.15, -0.1) is 0 Å². The summed E-state index contributed by atoms with van der Waals surface area (Å²) in [6, 6.07) is 8.26. The van der Waals surface area contributed by atoms with E-state index in [2.05, 4.69) is 48.0 Å². The van der Waals surface area contributed by atoms with Gasteiger partial charge in [-0.05, 0) is 44.5 Å². The van der Waals surface area contributed by atoms with Gasteiger partial charge in [0.25, 0.3) is 0 Å². The second-order valence-corrected chi connectivity index (χ2v) is 5.13. The minimum absolute atomic E-state index is 0.960. The summed E-state index contributed by atoms with van der Waals surface area (Å²) in [6.07, 6.45) is 4.25. The largest absolute Gasteiger partial charge is 0.461 e. The van der Waals surface area contributed by atoms with Crippen LogP contribution in [-0.4, -0.2) is 0 Å². The van der Waals surface area contributed by atoms with Crippen molar-refractivity contribution in [2.45, 2.75) is 26.7 Å². The van der Waals surface area contributed by atoms with Crippen LogP contribution in [0, 0.1) is 0 Å². The number of fused-ring (bicyclic) bond motifs is 1. The monoisotopic (exact) mass is 278 g/mol. The molecule has 2 aromatic rings. The van der Waals surface area contributed by atoms with E-state index in [0.717, 1.165) is 28.7 Å². The molecule has 0 atom stereocenters. The van der Waals surface area contributed by atoms with Crippen molar-refractivity contribution in [2.75, 3.05) is 0 Å². The molecule has 1 aromatic heterocycles. The zero-order chi connectivity index (χ0) is 11.5. The van der Waals surface area contributed by atoms with Crippen molar-refractivity contribution in [2.24, 2.45) is 0 Å². The first-order chi connectivity index (χ1) is 7.65. The lowest BCUT2D eigenvalue weighted by Gasteiger charge is -1.92. The number of furan rings is 1. The molecule has 0 radical (unpaired) electrons. The predicted molar refractivity (Wildman–Crippen MR) is 71.7 cm³/mol. The Morgan fingerprint density at radius 1 is 1.31 bits per heavy atom.